The maximum absolute atomic E-state index is 13.9. The van der Waals surface area contributed by atoms with E-state index >= 15 is 0 Å². The lowest BCUT2D eigenvalue weighted by molar-refractivity contribution is -0.139. The summed E-state index contributed by atoms with van der Waals surface area (Å²) in [5.41, 5.74) is 2.18. The van der Waals surface area contributed by atoms with Gasteiger partial charge in [-0.25, -0.2) is 0 Å². The molecule has 0 saturated carbocycles. The molecule has 6 rings (SSSR count). The topological polar surface area (TPSA) is 121 Å². The van der Waals surface area contributed by atoms with Crippen LogP contribution in [0.5, 0.6) is 5.75 Å². The van der Waals surface area contributed by atoms with Crippen molar-refractivity contribution in [1.29, 1.82) is 0 Å². The Morgan fingerprint density at radius 1 is 1.09 bits per heavy atom. The summed E-state index contributed by atoms with van der Waals surface area (Å²) in [6.45, 7) is 2.57. The van der Waals surface area contributed by atoms with Gasteiger partial charge in [0.25, 0.3) is 11.8 Å². The van der Waals surface area contributed by atoms with Gasteiger partial charge in [-0.05, 0) is 54.4 Å². The summed E-state index contributed by atoms with van der Waals surface area (Å²) in [5, 5.41) is 29.5. The number of fused-ring (bicyclic) bond motifs is 2. The van der Waals surface area contributed by atoms with Crippen molar-refractivity contribution in [2.45, 2.75) is 38.5 Å². The monoisotopic (exact) mass is 613 g/mol. The first-order chi connectivity index (χ1) is 21.3. The Morgan fingerprint density at radius 2 is 1.89 bits per heavy atom. The van der Waals surface area contributed by atoms with Crippen molar-refractivity contribution < 1.29 is 24.5 Å². The molecule has 1 aromatic heterocycles. The fraction of sp³-hybridized carbons (Fsp3) is 0.273. The van der Waals surface area contributed by atoms with Crippen molar-refractivity contribution in [3.63, 3.8) is 0 Å². The zero-order valence-corrected chi connectivity index (χ0v) is 24.9. The van der Waals surface area contributed by atoms with E-state index in [1.165, 1.54) is 0 Å². The van der Waals surface area contributed by atoms with E-state index in [0.29, 0.717) is 52.8 Å². The van der Waals surface area contributed by atoms with Crippen LogP contribution >= 0.6 is 11.6 Å². The molecule has 0 saturated heterocycles. The van der Waals surface area contributed by atoms with Gasteiger partial charge in [-0.2, -0.15) is 0 Å². The number of para-hydroxylation sites is 2. The number of ether oxygens (including phenoxy) is 1. The number of rotatable bonds is 10. The molecule has 2 aliphatic heterocycles. The van der Waals surface area contributed by atoms with Gasteiger partial charge in [0.2, 0.25) is 0 Å². The molecule has 44 heavy (non-hydrogen) atoms. The van der Waals surface area contributed by atoms with Gasteiger partial charge in [0.1, 0.15) is 5.75 Å². The number of allylic oxidation sites excluding steroid dienone is 1. The van der Waals surface area contributed by atoms with Crippen LogP contribution in [0.1, 0.15) is 30.2 Å². The molecule has 4 aromatic rings. The highest BCUT2D eigenvalue weighted by molar-refractivity contribution is 6.31. The Hall–Kier alpha value is -4.51. The van der Waals surface area contributed by atoms with Gasteiger partial charge in [-0.3, -0.25) is 19.2 Å². The Balaban J connectivity index is 1.19. The number of carbonyl (C=O) groups is 2. The molecule has 11 heteroatoms. The molecule has 0 fully saturated rings. The smallest absolute Gasteiger partial charge is 0.269 e. The number of aryl methyl sites for hydroxylation is 1. The molecule has 3 aromatic carbocycles. The van der Waals surface area contributed by atoms with Crippen LogP contribution in [0.15, 0.2) is 85.1 Å². The Bertz CT molecular complexity index is 1720. The zero-order valence-electron chi connectivity index (χ0n) is 24.1. The second-order valence-electron chi connectivity index (χ2n) is 10.9. The predicted octanol–water partition coefficient (Wildman–Crippen LogP) is 4.54. The van der Waals surface area contributed by atoms with E-state index in [1.807, 2.05) is 67.6 Å². The Labute approximate surface area is 259 Å². The summed E-state index contributed by atoms with van der Waals surface area (Å²) in [4.78, 5) is 29.9. The fourth-order valence-corrected chi connectivity index (χ4v) is 5.89. The van der Waals surface area contributed by atoms with Gasteiger partial charge in [-0.15, -0.1) is 5.10 Å². The number of hydrogen-bond acceptors (Lipinski definition) is 7. The van der Waals surface area contributed by atoms with Gasteiger partial charge in [0.05, 0.1) is 23.6 Å². The van der Waals surface area contributed by atoms with E-state index in [-0.39, 0.29) is 25.7 Å². The standard InChI is InChI=1S/C33H32ClN5O5/c1-22(6-4-5-16-37-20-25(15-17-40)35-36-37)33(43)27-18-24(34)11-14-28(27)38(32(33)42)19-23-9-12-26(13-10-23)39-29-7-2-3-8-30(29)44-21-31(39)41/h2-4,6-14,18,20,22,40,43H,5,15-17,19,21H2,1H3/b6-4+/t22-,33+/m1/s1. The number of aliphatic hydroxyl groups excluding tert-OH is 1. The number of aromatic nitrogens is 3. The number of carbonyl (C=O) groups excluding carboxylic acids is 2. The quantitative estimate of drug-likeness (QED) is 0.252. The molecule has 2 amide bonds. The lowest BCUT2D eigenvalue weighted by atomic mass is 9.83. The van der Waals surface area contributed by atoms with Crippen LogP contribution in [0.2, 0.25) is 5.02 Å². The summed E-state index contributed by atoms with van der Waals surface area (Å²) in [6, 6.07) is 20.0. The van der Waals surface area contributed by atoms with Gasteiger partial charge in [-0.1, -0.05) is 60.2 Å². The van der Waals surface area contributed by atoms with E-state index in [2.05, 4.69) is 10.3 Å². The third-order valence-electron chi connectivity index (χ3n) is 8.04. The van der Waals surface area contributed by atoms with E-state index in [4.69, 9.17) is 21.4 Å². The summed E-state index contributed by atoms with van der Waals surface area (Å²) >= 11 is 6.34. The Morgan fingerprint density at radius 3 is 2.68 bits per heavy atom. The fourth-order valence-electron chi connectivity index (χ4n) is 5.72. The summed E-state index contributed by atoms with van der Waals surface area (Å²) in [5.74, 6) is -0.509. The number of benzene rings is 3. The highest BCUT2D eigenvalue weighted by Gasteiger charge is 2.52. The van der Waals surface area contributed by atoms with Crippen LogP contribution in [0.25, 0.3) is 0 Å². The molecule has 0 radical (unpaired) electrons. The van der Waals surface area contributed by atoms with Crippen molar-refractivity contribution in [2.75, 3.05) is 23.0 Å². The molecule has 0 bridgehead atoms. The first-order valence-electron chi connectivity index (χ1n) is 14.4. The van der Waals surface area contributed by atoms with E-state index in [1.54, 1.807) is 38.9 Å². The third kappa shape index (κ3) is 5.47. The highest BCUT2D eigenvalue weighted by Crippen LogP contribution is 2.47. The first kappa shape index (κ1) is 29.6. The highest BCUT2D eigenvalue weighted by atomic mass is 35.5. The first-order valence-corrected chi connectivity index (χ1v) is 14.8. The van der Waals surface area contributed by atoms with Gasteiger partial charge < -0.3 is 19.8 Å². The molecule has 10 nitrogen and oxygen atoms in total. The lowest BCUT2D eigenvalue weighted by Gasteiger charge is -2.29. The number of halogens is 1. The maximum Gasteiger partial charge on any atom is 0.269 e. The minimum Gasteiger partial charge on any atom is -0.482 e. The van der Waals surface area contributed by atoms with Crippen LogP contribution in [0.3, 0.4) is 0 Å². The zero-order chi connectivity index (χ0) is 30.8. The molecule has 3 heterocycles. The number of nitrogens with zero attached hydrogens (tertiary/aromatic N) is 5. The molecule has 0 aliphatic carbocycles. The van der Waals surface area contributed by atoms with Crippen LogP contribution < -0.4 is 14.5 Å². The van der Waals surface area contributed by atoms with Crippen LogP contribution in [0, 0.1) is 5.92 Å². The minimum atomic E-state index is -1.80. The number of aliphatic hydroxyl groups is 2. The molecule has 2 aliphatic rings. The van der Waals surface area contributed by atoms with Gasteiger partial charge in [0, 0.05) is 48.0 Å². The SMILES string of the molecule is C[C@H](/C=C/CCn1cc(CCO)nn1)[C@@]1(O)C(=O)N(Cc2ccc(N3C(=O)COc4ccccc43)cc2)c2ccc(Cl)cc21. The molecular weight excluding hydrogens is 582 g/mol. The molecule has 2 N–H and O–H groups in total. The molecule has 0 unspecified atom stereocenters. The maximum atomic E-state index is 13.9. The van der Waals surface area contributed by atoms with Crippen molar-refractivity contribution in [1.82, 2.24) is 15.0 Å². The molecule has 226 valence electrons. The van der Waals surface area contributed by atoms with E-state index < -0.39 is 17.4 Å². The minimum absolute atomic E-state index is 0.0149. The van der Waals surface area contributed by atoms with E-state index in [0.717, 1.165) is 11.3 Å². The number of amides is 2. The average Bonchev–Trinajstić information content (AvgIpc) is 3.56. The van der Waals surface area contributed by atoms with Crippen LogP contribution in [-0.4, -0.2) is 50.2 Å². The molecule has 0 spiro atoms. The molecule has 2 atom stereocenters. The normalized spacial score (nSPS) is 18.5. The second kappa shape index (κ2) is 12.2. The van der Waals surface area contributed by atoms with Gasteiger partial charge in [0.15, 0.2) is 12.2 Å². The lowest BCUT2D eigenvalue weighted by Crippen LogP contribution is -2.44. The average molecular weight is 614 g/mol. The largest absolute Gasteiger partial charge is 0.482 e. The van der Waals surface area contributed by atoms with Crippen LogP contribution in [0.4, 0.5) is 17.1 Å². The van der Waals surface area contributed by atoms with Crippen LogP contribution in [-0.2, 0) is 34.7 Å². The van der Waals surface area contributed by atoms with Crippen molar-refractivity contribution >= 4 is 40.5 Å². The Kier molecular flexibility index (Phi) is 8.22. The molecular formula is C33H32ClN5O5. The van der Waals surface area contributed by atoms with E-state index in [9.17, 15) is 14.7 Å². The summed E-state index contributed by atoms with van der Waals surface area (Å²) < 4.78 is 7.26. The third-order valence-corrected chi connectivity index (χ3v) is 8.27. The van der Waals surface area contributed by atoms with Gasteiger partial charge >= 0.3 is 0 Å². The second-order valence-corrected chi connectivity index (χ2v) is 11.4. The van der Waals surface area contributed by atoms with Crippen molar-refractivity contribution in [3.8, 4) is 5.75 Å². The summed E-state index contributed by atoms with van der Waals surface area (Å²) in [7, 11) is 0. The summed E-state index contributed by atoms with van der Waals surface area (Å²) in [6.07, 6.45) is 6.61. The number of anilines is 3. The van der Waals surface area contributed by atoms with Crippen molar-refractivity contribution in [3.05, 3.63) is 107 Å². The van der Waals surface area contributed by atoms with Crippen molar-refractivity contribution in [2.24, 2.45) is 5.92 Å². The predicted molar refractivity (Wildman–Crippen MR) is 166 cm³/mol. The number of hydrogen-bond donors (Lipinski definition) is 2.